The Morgan fingerprint density at radius 1 is 0.345 bits per heavy atom. The average molecular weight is 702 g/mol. The van der Waals surface area contributed by atoms with Crippen molar-refractivity contribution >= 4 is 27.8 Å². The molecule has 258 valence electrons. The molecule has 55 heavy (non-hydrogen) atoms. The Kier molecular flexibility index (Phi) is 7.11. The van der Waals surface area contributed by atoms with Gasteiger partial charge in [-0.1, -0.05) is 164 Å². The molecule has 1 heterocycles. The maximum Gasteiger partial charge on any atom is 0.132 e. The second kappa shape index (κ2) is 12.5. The summed E-state index contributed by atoms with van der Waals surface area (Å²) in [6.07, 6.45) is 0. The fraction of sp³-hybridized carbons (Fsp3) is 0.0189. The minimum atomic E-state index is -0.587. The van der Waals surface area contributed by atoms with Crippen LogP contribution < -0.4 is 9.64 Å². The van der Waals surface area contributed by atoms with Crippen LogP contribution in [-0.4, -0.2) is 0 Å². The highest BCUT2D eigenvalue weighted by molar-refractivity contribution is 6.04. The molecule has 1 atom stereocenters. The quantitative estimate of drug-likeness (QED) is 0.177. The molecule has 0 saturated carbocycles. The van der Waals surface area contributed by atoms with E-state index in [1.165, 1.54) is 55.3 Å². The molecule has 0 radical (unpaired) electrons. The van der Waals surface area contributed by atoms with E-state index in [1.807, 2.05) is 0 Å². The van der Waals surface area contributed by atoms with E-state index in [0.29, 0.717) is 0 Å². The van der Waals surface area contributed by atoms with Crippen molar-refractivity contribution in [1.82, 2.24) is 0 Å². The van der Waals surface area contributed by atoms with Crippen LogP contribution in [0.4, 0.5) is 17.1 Å². The van der Waals surface area contributed by atoms with Crippen LogP contribution in [-0.2, 0) is 5.41 Å². The smallest absolute Gasteiger partial charge is 0.132 e. The van der Waals surface area contributed by atoms with E-state index < -0.39 is 5.41 Å². The Bertz CT molecular complexity index is 2800. The Balaban J connectivity index is 1.15. The van der Waals surface area contributed by atoms with Gasteiger partial charge in [-0.2, -0.15) is 0 Å². The van der Waals surface area contributed by atoms with Crippen molar-refractivity contribution in [3.63, 3.8) is 0 Å². The highest BCUT2D eigenvalue weighted by Gasteiger charge is 2.51. The second-order valence-corrected chi connectivity index (χ2v) is 14.4. The number of nitrogens with zero attached hydrogens (tertiary/aromatic N) is 1. The fourth-order valence-corrected chi connectivity index (χ4v) is 9.11. The largest absolute Gasteiger partial charge is 0.457 e. The van der Waals surface area contributed by atoms with Crippen molar-refractivity contribution in [2.24, 2.45) is 0 Å². The lowest BCUT2D eigenvalue weighted by Crippen LogP contribution is -2.32. The summed E-state index contributed by atoms with van der Waals surface area (Å²) in [5.41, 5.74) is 14.8. The molecule has 0 amide bonds. The van der Waals surface area contributed by atoms with E-state index in [0.717, 1.165) is 39.7 Å². The Morgan fingerprint density at radius 2 is 0.873 bits per heavy atom. The predicted octanol–water partition coefficient (Wildman–Crippen LogP) is 14.1. The van der Waals surface area contributed by atoms with E-state index in [1.54, 1.807) is 0 Å². The van der Waals surface area contributed by atoms with Crippen LogP contribution in [0.25, 0.3) is 44.2 Å². The van der Waals surface area contributed by atoms with E-state index in [-0.39, 0.29) is 0 Å². The highest BCUT2D eigenvalue weighted by atomic mass is 16.5. The molecule has 2 nitrogen and oxygen atoms in total. The number of fused-ring (bicyclic) bond motifs is 11. The minimum absolute atomic E-state index is 0.587. The topological polar surface area (TPSA) is 12.5 Å². The van der Waals surface area contributed by atoms with Gasteiger partial charge < -0.3 is 9.64 Å². The molecule has 1 aliphatic heterocycles. The van der Waals surface area contributed by atoms with Crippen molar-refractivity contribution in [2.45, 2.75) is 5.41 Å². The Morgan fingerprint density at radius 3 is 1.56 bits per heavy atom. The van der Waals surface area contributed by atoms with E-state index in [4.69, 9.17) is 4.74 Å². The lowest BCUT2D eigenvalue weighted by Gasteiger charge is -2.40. The molecule has 2 aliphatic rings. The number of hydrogen-bond donors (Lipinski definition) is 0. The first-order valence-electron chi connectivity index (χ1n) is 18.9. The van der Waals surface area contributed by atoms with Gasteiger partial charge in [0.1, 0.15) is 11.5 Å². The number of anilines is 3. The average Bonchev–Trinajstić information content (AvgIpc) is 3.56. The van der Waals surface area contributed by atoms with Crippen molar-refractivity contribution in [3.8, 4) is 44.9 Å². The maximum atomic E-state index is 6.84. The third-order valence-corrected chi connectivity index (χ3v) is 11.5. The summed E-state index contributed by atoms with van der Waals surface area (Å²) in [4.78, 5) is 2.38. The van der Waals surface area contributed by atoms with Crippen molar-refractivity contribution in [3.05, 3.63) is 235 Å². The molecule has 1 spiro atoms. The molecular weight excluding hydrogens is 667 g/mol. The van der Waals surface area contributed by atoms with Gasteiger partial charge in [-0.15, -0.1) is 0 Å². The molecule has 9 aromatic carbocycles. The summed E-state index contributed by atoms with van der Waals surface area (Å²) in [6, 6.07) is 76.8. The third-order valence-electron chi connectivity index (χ3n) is 11.5. The molecule has 1 unspecified atom stereocenters. The van der Waals surface area contributed by atoms with Gasteiger partial charge in [-0.3, -0.25) is 0 Å². The molecule has 11 rings (SSSR count). The number of rotatable bonds is 5. The van der Waals surface area contributed by atoms with Gasteiger partial charge in [-0.25, -0.2) is 0 Å². The Hall–Kier alpha value is -7.16. The summed E-state index contributed by atoms with van der Waals surface area (Å²) in [6.45, 7) is 0. The summed E-state index contributed by atoms with van der Waals surface area (Å²) in [7, 11) is 0. The van der Waals surface area contributed by atoms with Crippen LogP contribution in [0.15, 0.2) is 212 Å². The zero-order valence-electron chi connectivity index (χ0n) is 30.1. The number of para-hydroxylation sites is 1. The first-order valence-corrected chi connectivity index (χ1v) is 18.9. The van der Waals surface area contributed by atoms with Crippen LogP contribution >= 0.6 is 0 Å². The standard InChI is InChI=1S/C53H35NO/c1-3-13-36(14-4-1)38-23-28-41(29-24-38)54(42-30-25-39(26-31-42)37-15-5-2-6-16-37)43-32-34-51-49(35-43)53(47-21-11-12-22-50(47)55-51)46-20-10-9-19-45(46)52-44-18-8-7-17-40(44)27-33-48(52)53/h1-35H. The van der Waals surface area contributed by atoms with Crippen LogP contribution in [0.2, 0.25) is 0 Å². The fourth-order valence-electron chi connectivity index (χ4n) is 9.11. The molecule has 2 heteroatoms. The van der Waals surface area contributed by atoms with Gasteiger partial charge >= 0.3 is 0 Å². The van der Waals surface area contributed by atoms with Crippen LogP contribution in [0.5, 0.6) is 11.5 Å². The number of ether oxygens (including phenoxy) is 1. The van der Waals surface area contributed by atoms with Gasteiger partial charge in [-0.05, 0) is 104 Å². The third kappa shape index (κ3) is 4.82. The lowest BCUT2D eigenvalue weighted by molar-refractivity contribution is 0.436. The zero-order chi connectivity index (χ0) is 36.3. The number of benzene rings is 9. The molecule has 0 saturated heterocycles. The monoisotopic (exact) mass is 701 g/mol. The zero-order valence-corrected chi connectivity index (χ0v) is 30.1. The van der Waals surface area contributed by atoms with E-state index in [9.17, 15) is 0 Å². The van der Waals surface area contributed by atoms with Crippen molar-refractivity contribution < 1.29 is 4.74 Å². The molecule has 0 N–H and O–H groups in total. The second-order valence-electron chi connectivity index (χ2n) is 14.4. The van der Waals surface area contributed by atoms with Gasteiger partial charge in [0.2, 0.25) is 0 Å². The molecule has 0 aromatic heterocycles. The minimum Gasteiger partial charge on any atom is -0.457 e. The van der Waals surface area contributed by atoms with Gasteiger partial charge in [0.15, 0.2) is 0 Å². The normalized spacial score (nSPS) is 14.8. The molecule has 0 bridgehead atoms. The summed E-state index contributed by atoms with van der Waals surface area (Å²) in [5.74, 6) is 1.76. The van der Waals surface area contributed by atoms with Crippen molar-refractivity contribution in [1.29, 1.82) is 0 Å². The molecule has 9 aromatic rings. The first kappa shape index (κ1) is 31.4. The van der Waals surface area contributed by atoms with Gasteiger partial charge in [0, 0.05) is 28.2 Å². The SMILES string of the molecule is c1ccc(-c2ccc(N(c3ccc(-c4ccccc4)cc3)c3ccc4c(c3)C3(c5ccccc5O4)c4ccccc4-c4c3ccc3ccccc43)cc2)cc1. The van der Waals surface area contributed by atoms with Crippen molar-refractivity contribution in [2.75, 3.05) is 4.90 Å². The molecule has 1 aliphatic carbocycles. The van der Waals surface area contributed by atoms with Crippen LogP contribution in [0, 0.1) is 0 Å². The molecule has 0 fully saturated rings. The summed E-state index contributed by atoms with van der Waals surface area (Å²) >= 11 is 0. The van der Waals surface area contributed by atoms with E-state index >= 15 is 0 Å². The predicted molar refractivity (Wildman–Crippen MR) is 227 cm³/mol. The van der Waals surface area contributed by atoms with E-state index in [2.05, 4.69) is 217 Å². The maximum absolute atomic E-state index is 6.84. The molecular formula is C53H35NO. The number of hydrogen-bond acceptors (Lipinski definition) is 2. The summed E-state index contributed by atoms with van der Waals surface area (Å²) in [5, 5.41) is 2.51. The van der Waals surface area contributed by atoms with Crippen LogP contribution in [0.1, 0.15) is 22.3 Å². The highest BCUT2D eigenvalue weighted by Crippen LogP contribution is 2.63. The van der Waals surface area contributed by atoms with Crippen LogP contribution in [0.3, 0.4) is 0 Å². The lowest BCUT2D eigenvalue weighted by atomic mass is 9.66. The Labute approximate surface area is 321 Å². The first-order chi connectivity index (χ1) is 27.3. The van der Waals surface area contributed by atoms with Gasteiger partial charge in [0.05, 0.1) is 5.41 Å². The summed E-state index contributed by atoms with van der Waals surface area (Å²) < 4.78 is 6.84. The van der Waals surface area contributed by atoms with Gasteiger partial charge in [0.25, 0.3) is 0 Å².